The molecule has 2 unspecified atom stereocenters. The third-order valence-electron chi connectivity index (χ3n) is 4.70. The molecule has 0 aromatic heterocycles. The number of rotatable bonds is 6. The molecule has 0 aliphatic carbocycles. The van der Waals surface area contributed by atoms with Crippen molar-refractivity contribution in [2.24, 2.45) is 5.92 Å². The van der Waals surface area contributed by atoms with E-state index >= 15 is 0 Å². The van der Waals surface area contributed by atoms with Crippen molar-refractivity contribution in [2.45, 2.75) is 58.5 Å². The summed E-state index contributed by atoms with van der Waals surface area (Å²) < 4.78 is 0. The van der Waals surface area contributed by atoms with Crippen LogP contribution in [0.15, 0.2) is 0 Å². The summed E-state index contributed by atoms with van der Waals surface area (Å²) in [5, 5.41) is 3.40. The molecule has 20 heavy (non-hydrogen) atoms. The standard InChI is InChI=1S/C16H31N3O/c1-4-8-17-15-6-5-9-19(16(15)20)12-14-7-10-18(11-14)13(2)3/h13-15,17H,4-12H2,1-3H3. The Morgan fingerprint density at radius 3 is 2.75 bits per heavy atom. The number of likely N-dealkylation sites (tertiary alicyclic amines) is 2. The Morgan fingerprint density at radius 2 is 2.10 bits per heavy atom. The maximum Gasteiger partial charge on any atom is 0.239 e. The van der Waals surface area contributed by atoms with Gasteiger partial charge in [-0.2, -0.15) is 0 Å². The number of hydrogen-bond acceptors (Lipinski definition) is 3. The Bertz CT molecular complexity index is 319. The van der Waals surface area contributed by atoms with Crippen molar-refractivity contribution in [2.75, 3.05) is 32.7 Å². The maximum absolute atomic E-state index is 12.5. The monoisotopic (exact) mass is 281 g/mol. The summed E-state index contributed by atoms with van der Waals surface area (Å²) in [6.45, 7) is 11.9. The predicted octanol–water partition coefficient (Wildman–Crippen LogP) is 1.71. The van der Waals surface area contributed by atoms with Gasteiger partial charge in [-0.25, -0.2) is 0 Å². The molecular formula is C16H31N3O. The Balaban J connectivity index is 1.81. The van der Waals surface area contributed by atoms with Gasteiger partial charge in [-0.3, -0.25) is 4.79 Å². The van der Waals surface area contributed by atoms with Crippen LogP contribution < -0.4 is 5.32 Å². The van der Waals surface area contributed by atoms with Crippen LogP contribution >= 0.6 is 0 Å². The molecule has 0 aromatic carbocycles. The number of piperidine rings is 1. The van der Waals surface area contributed by atoms with E-state index in [1.165, 1.54) is 13.0 Å². The summed E-state index contributed by atoms with van der Waals surface area (Å²) in [6, 6.07) is 0.710. The molecule has 2 saturated heterocycles. The molecule has 2 fully saturated rings. The molecule has 0 aromatic rings. The van der Waals surface area contributed by atoms with E-state index in [0.717, 1.165) is 45.4 Å². The van der Waals surface area contributed by atoms with Gasteiger partial charge in [0, 0.05) is 25.7 Å². The highest BCUT2D eigenvalue weighted by molar-refractivity contribution is 5.82. The predicted molar refractivity (Wildman–Crippen MR) is 82.7 cm³/mol. The number of carbonyl (C=O) groups is 1. The Labute approximate surface area is 123 Å². The fraction of sp³-hybridized carbons (Fsp3) is 0.938. The molecule has 0 saturated carbocycles. The highest BCUT2D eigenvalue weighted by atomic mass is 16.2. The lowest BCUT2D eigenvalue weighted by molar-refractivity contribution is -0.136. The highest BCUT2D eigenvalue weighted by Gasteiger charge is 2.32. The Morgan fingerprint density at radius 1 is 1.30 bits per heavy atom. The SMILES string of the molecule is CCCNC1CCCN(CC2CCN(C(C)C)C2)C1=O. The minimum Gasteiger partial charge on any atom is -0.341 e. The van der Waals surface area contributed by atoms with Crippen LogP contribution in [0.3, 0.4) is 0 Å². The zero-order valence-electron chi connectivity index (χ0n) is 13.4. The van der Waals surface area contributed by atoms with Crippen LogP contribution in [0.1, 0.15) is 46.5 Å². The van der Waals surface area contributed by atoms with Crippen molar-refractivity contribution in [3.63, 3.8) is 0 Å². The fourth-order valence-corrected chi connectivity index (χ4v) is 3.42. The van der Waals surface area contributed by atoms with Gasteiger partial charge in [0.2, 0.25) is 5.91 Å². The molecular weight excluding hydrogens is 250 g/mol. The molecule has 116 valence electrons. The Kier molecular flexibility index (Phi) is 5.85. The number of nitrogens with zero attached hydrogens (tertiary/aromatic N) is 2. The molecule has 4 heteroatoms. The van der Waals surface area contributed by atoms with Crippen LogP contribution in [-0.2, 0) is 4.79 Å². The number of hydrogen-bond donors (Lipinski definition) is 1. The van der Waals surface area contributed by atoms with Crippen LogP contribution in [0.5, 0.6) is 0 Å². The molecule has 0 radical (unpaired) electrons. The summed E-state index contributed by atoms with van der Waals surface area (Å²) >= 11 is 0. The van der Waals surface area contributed by atoms with Crippen LogP contribution in [0.2, 0.25) is 0 Å². The first kappa shape index (κ1) is 15.8. The summed E-state index contributed by atoms with van der Waals surface area (Å²) in [5.74, 6) is 1.01. The van der Waals surface area contributed by atoms with Gasteiger partial charge >= 0.3 is 0 Å². The van der Waals surface area contributed by atoms with E-state index in [4.69, 9.17) is 0 Å². The summed E-state index contributed by atoms with van der Waals surface area (Å²) in [6.07, 6.45) is 4.50. The topological polar surface area (TPSA) is 35.6 Å². The highest BCUT2D eigenvalue weighted by Crippen LogP contribution is 2.22. The second-order valence-corrected chi connectivity index (χ2v) is 6.68. The van der Waals surface area contributed by atoms with E-state index in [1.807, 2.05) is 0 Å². The molecule has 2 atom stereocenters. The van der Waals surface area contributed by atoms with Gasteiger partial charge in [0.15, 0.2) is 0 Å². The fourth-order valence-electron chi connectivity index (χ4n) is 3.42. The Hall–Kier alpha value is -0.610. The molecule has 1 amide bonds. The molecule has 0 bridgehead atoms. The van der Waals surface area contributed by atoms with Gasteiger partial charge in [0.05, 0.1) is 6.04 Å². The summed E-state index contributed by atoms with van der Waals surface area (Å²) in [5.41, 5.74) is 0. The minimum atomic E-state index is 0.0753. The lowest BCUT2D eigenvalue weighted by atomic mass is 10.0. The first-order valence-electron chi connectivity index (χ1n) is 8.38. The third-order valence-corrected chi connectivity index (χ3v) is 4.70. The van der Waals surface area contributed by atoms with Gasteiger partial charge in [0.25, 0.3) is 0 Å². The zero-order valence-corrected chi connectivity index (χ0v) is 13.4. The second-order valence-electron chi connectivity index (χ2n) is 6.68. The largest absolute Gasteiger partial charge is 0.341 e. The molecule has 1 N–H and O–H groups in total. The number of amides is 1. The molecule has 0 spiro atoms. The van der Waals surface area contributed by atoms with E-state index in [1.54, 1.807) is 0 Å². The first-order valence-corrected chi connectivity index (χ1v) is 8.38. The van der Waals surface area contributed by atoms with Crippen molar-refractivity contribution in [1.82, 2.24) is 15.1 Å². The lowest BCUT2D eigenvalue weighted by Gasteiger charge is -2.34. The molecule has 2 aliphatic heterocycles. The average molecular weight is 281 g/mol. The van der Waals surface area contributed by atoms with Crippen LogP contribution in [0.25, 0.3) is 0 Å². The second kappa shape index (κ2) is 7.41. The first-order chi connectivity index (χ1) is 9.61. The van der Waals surface area contributed by atoms with Crippen molar-refractivity contribution < 1.29 is 4.79 Å². The van der Waals surface area contributed by atoms with Gasteiger partial charge < -0.3 is 15.1 Å². The minimum absolute atomic E-state index is 0.0753. The number of carbonyl (C=O) groups excluding carboxylic acids is 1. The van der Waals surface area contributed by atoms with Crippen LogP contribution in [0, 0.1) is 5.92 Å². The smallest absolute Gasteiger partial charge is 0.239 e. The lowest BCUT2D eigenvalue weighted by Crippen LogP contribution is -2.52. The molecule has 2 rings (SSSR count). The van der Waals surface area contributed by atoms with Crippen LogP contribution in [0.4, 0.5) is 0 Å². The van der Waals surface area contributed by atoms with E-state index in [2.05, 4.69) is 35.9 Å². The number of nitrogens with one attached hydrogen (secondary N) is 1. The van der Waals surface area contributed by atoms with Gasteiger partial charge in [-0.15, -0.1) is 0 Å². The van der Waals surface area contributed by atoms with Crippen molar-refractivity contribution in [3.05, 3.63) is 0 Å². The van der Waals surface area contributed by atoms with Crippen LogP contribution in [-0.4, -0.2) is 60.5 Å². The maximum atomic E-state index is 12.5. The van der Waals surface area contributed by atoms with Crippen molar-refractivity contribution in [1.29, 1.82) is 0 Å². The average Bonchev–Trinajstić information content (AvgIpc) is 2.88. The van der Waals surface area contributed by atoms with Gasteiger partial charge in [-0.1, -0.05) is 6.92 Å². The molecule has 2 heterocycles. The molecule has 2 aliphatic rings. The summed E-state index contributed by atoms with van der Waals surface area (Å²) in [7, 11) is 0. The third kappa shape index (κ3) is 3.95. The normalized spacial score (nSPS) is 28.6. The van der Waals surface area contributed by atoms with E-state index in [-0.39, 0.29) is 6.04 Å². The van der Waals surface area contributed by atoms with E-state index < -0.39 is 0 Å². The molecule has 4 nitrogen and oxygen atoms in total. The van der Waals surface area contributed by atoms with E-state index in [0.29, 0.717) is 17.9 Å². The van der Waals surface area contributed by atoms with Crippen molar-refractivity contribution >= 4 is 5.91 Å². The van der Waals surface area contributed by atoms with E-state index in [9.17, 15) is 4.79 Å². The van der Waals surface area contributed by atoms with Crippen molar-refractivity contribution in [3.8, 4) is 0 Å². The van der Waals surface area contributed by atoms with Gasteiger partial charge in [-0.05, 0) is 58.5 Å². The summed E-state index contributed by atoms with van der Waals surface area (Å²) in [4.78, 5) is 17.1. The zero-order chi connectivity index (χ0) is 14.5. The quantitative estimate of drug-likeness (QED) is 0.805. The van der Waals surface area contributed by atoms with Gasteiger partial charge in [0.1, 0.15) is 0 Å².